The van der Waals surface area contributed by atoms with Gasteiger partial charge in [0.1, 0.15) is 11.5 Å². The average molecular weight is 546 g/mol. The van der Waals surface area contributed by atoms with Crippen molar-refractivity contribution in [2.45, 2.75) is 58.0 Å². The monoisotopic (exact) mass is 545 g/mol. The number of ether oxygens (including phenoxy) is 3. The number of aliphatic carboxylic acids is 1. The molecule has 7 heteroatoms. The lowest BCUT2D eigenvalue weighted by Crippen LogP contribution is -2.46. The zero-order valence-electron chi connectivity index (χ0n) is 23.2. The van der Waals surface area contributed by atoms with Gasteiger partial charge < -0.3 is 24.2 Å². The molecule has 0 saturated carbocycles. The highest BCUT2D eigenvalue weighted by atomic mass is 16.6. The van der Waals surface area contributed by atoms with Gasteiger partial charge >= 0.3 is 11.9 Å². The van der Waals surface area contributed by atoms with Crippen LogP contribution in [0.3, 0.4) is 0 Å². The number of carbonyl (C=O) groups is 2. The second-order valence-corrected chi connectivity index (χ2v) is 10.0. The minimum absolute atomic E-state index is 0.0733. The molecule has 1 N–H and O–H groups in total. The van der Waals surface area contributed by atoms with E-state index in [0.29, 0.717) is 31.9 Å². The number of carboxylic acids is 1. The molecule has 1 atom stereocenters. The van der Waals surface area contributed by atoms with E-state index in [1.54, 1.807) is 6.92 Å². The Kier molecular flexibility index (Phi) is 10.8. The zero-order valence-corrected chi connectivity index (χ0v) is 23.2. The molecule has 0 fully saturated rings. The molecular weight excluding hydrogens is 506 g/mol. The molecule has 1 aliphatic rings. The Morgan fingerprint density at radius 2 is 1.68 bits per heavy atom. The predicted molar refractivity (Wildman–Crippen MR) is 155 cm³/mol. The second-order valence-electron chi connectivity index (χ2n) is 10.0. The van der Waals surface area contributed by atoms with E-state index in [1.807, 2.05) is 41.3 Å². The molecule has 212 valence electrons. The minimum atomic E-state index is -0.830. The fourth-order valence-corrected chi connectivity index (χ4v) is 4.92. The number of nitrogens with zero attached hydrogens (tertiary/aromatic N) is 1. The third-order valence-electron chi connectivity index (χ3n) is 7.01. The van der Waals surface area contributed by atoms with Gasteiger partial charge in [0.25, 0.3) is 0 Å². The summed E-state index contributed by atoms with van der Waals surface area (Å²) in [5.41, 5.74) is 4.44. The SMILES string of the molecule is CCOC(=O)C1CN(CCCC(=O)O)c2cccc(CCc3ccc(OCCCCc4ccccc4)cc3)c2O1. The number of aryl methyl sites for hydroxylation is 3. The summed E-state index contributed by atoms with van der Waals surface area (Å²) in [4.78, 5) is 25.6. The molecule has 1 unspecified atom stereocenters. The summed E-state index contributed by atoms with van der Waals surface area (Å²) in [6, 6.07) is 24.7. The fourth-order valence-electron chi connectivity index (χ4n) is 4.92. The van der Waals surface area contributed by atoms with Crippen molar-refractivity contribution in [2.75, 3.05) is 31.2 Å². The summed E-state index contributed by atoms with van der Waals surface area (Å²) in [7, 11) is 0. The van der Waals surface area contributed by atoms with Gasteiger partial charge in [0.2, 0.25) is 6.10 Å². The van der Waals surface area contributed by atoms with Crippen LogP contribution in [-0.4, -0.2) is 49.5 Å². The summed E-state index contributed by atoms with van der Waals surface area (Å²) < 4.78 is 17.4. The van der Waals surface area contributed by atoms with Gasteiger partial charge in [0.15, 0.2) is 0 Å². The molecule has 0 aromatic heterocycles. The number of rotatable bonds is 15. The lowest BCUT2D eigenvalue weighted by molar-refractivity contribution is -0.151. The number of carbonyl (C=O) groups excluding carboxylic acids is 1. The second kappa shape index (κ2) is 15.0. The van der Waals surface area contributed by atoms with Gasteiger partial charge in [-0.05, 0) is 80.3 Å². The van der Waals surface area contributed by atoms with Gasteiger partial charge in [-0.25, -0.2) is 4.79 Å². The number of hydrogen-bond acceptors (Lipinski definition) is 6. The van der Waals surface area contributed by atoms with Crippen LogP contribution in [0.2, 0.25) is 0 Å². The maximum Gasteiger partial charge on any atom is 0.349 e. The number of unbranched alkanes of at least 4 members (excludes halogenated alkanes) is 1. The van der Waals surface area contributed by atoms with E-state index < -0.39 is 18.0 Å². The van der Waals surface area contributed by atoms with E-state index in [9.17, 15) is 9.59 Å². The molecule has 0 amide bonds. The normalized spacial score (nSPS) is 14.2. The first-order valence-electron chi connectivity index (χ1n) is 14.2. The Morgan fingerprint density at radius 1 is 0.900 bits per heavy atom. The quantitative estimate of drug-likeness (QED) is 0.189. The van der Waals surface area contributed by atoms with Crippen LogP contribution >= 0.6 is 0 Å². The number of anilines is 1. The molecule has 7 nitrogen and oxygen atoms in total. The Morgan fingerprint density at radius 3 is 2.42 bits per heavy atom. The highest BCUT2D eigenvalue weighted by Crippen LogP contribution is 2.38. The summed E-state index contributed by atoms with van der Waals surface area (Å²) in [6.45, 7) is 3.61. The maximum atomic E-state index is 12.6. The molecular formula is C33H39NO6. The molecule has 0 spiro atoms. The van der Waals surface area contributed by atoms with Crippen LogP contribution in [0.25, 0.3) is 0 Å². The average Bonchev–Trinajstić information content (AvgIpc) is 2.97. The number of esters is 1. The molecule has 1 heterocycles. The third-order valence-corrected chi connectivity index (χ3v) is 7.01. The summed E-state index contributed by atoms with van der Waals surface area (Å²) in [5.74, 6) is 0.321. The van der Waals surface area contributed by atoms with Crippen LogP contribution < -0.4 is 14.4 Å². The molecule has 0 bridgehead atoms. The summed E-state index contributed by atoms with van der Waals surface area (Å²) in [6.07, 6.45) is 4.52. The van der Waals surface area contributed by atoms with Crippen molar-refractivity contribution in [3.05, 3.63) is 89.5 Å². The Balaban J connectivity index is 1.33. The van der Waals surface area contributed by atoms with Crippen molar-refractivity contribution < 1.29 is 28.9 Å². The number of benzene rings is 3. The summed E-state index contributed by atoms with van der Waals surface area (Å²) >= 11 is 0. The molecule has 0 aliphatic carbocycles. The maximum absolute atomic E-state index is 12.6. The van der Waals surface area contributed by atoms with Crippen molar-refractivity contribution in [3.63, 3.8) is 0 Å². The summed E-state index contributed by atoms with van der Waals surface area (Å²) in [5, 5.41) is 9.07. The third kappa shape index (κ3) is 8.50. The van der Waals surface area contributed by atoms with E-state index in [2.05, 4.69) is 36.4 Å². The van der Waals surface area contributed by atoms with E-state index >= 15 is 0 Å². The molecule has 40 heavy (non-hydrogen) atoms. The van der Waals surface area contributed by atoms with Crippen LogP contribution in [0.5, 0.6) is 11.5 Å². The van der Waals surface area contributed by atoms with Crippen LogP contribution in [0.4, 0.5) is 5.69 Å². The van der Waals surface area contributed by atoms with Crippen molar-refractivity contribution in [1.82, 2.24) is 0 Å². The zero-order chi connectivity index (χ0) is 28.2. The van der Waals surface area contributed by atoms with E-state index in [4.69, 9.17) is 19.3 Å². The number of fused-ring (bicyclic) bond motifs is 1. The number of hydrogen-bond donors (Lipinski definition) is 1. The molecule has 1 aliphatic heterocycles. The van der Waals surface area contributed by atoms with E-state index in [-0.39, 0.29) is 13.0 Å². The first-order chi connectivity index (χ1) is 19.5. The predicted octanol–water partition coefficient (Wildman–Crippen LogP) is 5.87. The molecule has 3 aromatic rings. The Hall–Kier alpha value is -4.00. The first-order valence-corrected chi connectivity index (χ1v) is 14.2. The topological polar surface area (TPSA) is 85.3 Å². The fraction of sp³-hybridized carbons (Fsp3) is 0.394. The van der Waals surface area contributed by atoms with Gasteiger partial charge in [-0.15, -0.1) is 0 Å². The highest BCUT2D eigenvalue weighted by molar-refractivity contribution is 5.78. The lowest BCUT2D eigenvalue weighted by Gasteiger charge is -2.36. The van der Waals surface area contributed by atoms with Crippen molar-refractivity contribution in [2.24, 2.45) is 0 Å². The molecule has 4 rings (SSSR count). The standard InChI is InChI=1S/C33H39NO6/c1-2-38-33(37)30-24-34(22-9-15-31(35)36)29-14-8-13-27(32(29)40-30)19-16-26-17-20-28(21-18-26)39-23-7-6-12-25-10-4-3-5-11-25/h3-5,8,10-11,13-14,17-18,20-21,30H,2,6-7,9,12,15-16,19,22-24H2,1H3,(H,35,36). The van der Waals surface area contributed by atoms with Crippen molar-refractivity contribution in [3.8, 4) is 11.5 Å². The van der Waals surface area contributed by atoms with Gasteiger partial charge in [0.05, 0.1) is 25.4 Å². The largest absolute Gasteiger partial charge is 0.494 e. The van der Waals surface area contributed by atoms with E-state index in [0.717, 1.165) is 49.1 Å². The molecule has 3 aromatic carbocycles. The highest BCUT2D eigenvalue weighted by Gasteiger charge is 2.33. The Bertz CT molecular complexity index is 1230. The van der Waals surface area contributed by atoms with Crippen LogP contribution in [0.15, 0.2) is 72.8 Å². The number of carboxylic acid groups (broad SMARTS) is 1. The van der Waals surface area contributed by atoms with Gasteiger partial charge in [-0.2, -0.15) is 0 Å². The smallest absolute Gasteiger partial charge is 0.349 e. The van der Waals surface area contributed by atoms with Gasteiger partial charge in [-0.1, -0.05) is 54.6 Å². The van der Waals surface area contributed by atoms with Crippen LogP contribution in [-0.2, 0) is 33.6 Å². The molecule has 0 radical (unpaired) electrons. The van der Waals surface area contributed by atoms with Gasteiger partial charge in [-0.3, -0.25) is 4.79 Å². The van der Waals surface area contributed by atoms with Gasteiger partial charge in [0, 0.05) is 13.0 Å². The van der Waals surface area contributed by atoms with E-state index in [1.165, 1.54) is 11.1 Å². The minimum Gasteiger partial charge on any atom is -0.494 e. The number of para-hydroxylation sites is 1. The lowest BCUT2D eigenvalue weighted by atomic mass is 10.0. The molecule has 0 saturated heterocycles. The van der Waals surface area contributed by atoms with Crippen LogP contribution in [0, 0.1) is 0 Å². The first kappa shape index (κ1) is 29.0. The van der Waals surface area contributed by atoms with Crippen LogP contribution in [0.1, 0.15) is 49.3 Å². The Labute approximate surface area is 236 Å². The van der Waals surface area contributed by atoms with Crippen molar-refractivity contribution in [1.29, 1.82) is 0 Å². The van der Waals surface area contributed by atoms with Crippen molar-refractivity contribution >= 4 is 17.6 Å².